The first-order valence-electron chi connectivity index (χ1n) is 6.36. The molecule has 0 saturated carbocycles. The Kier molecular flexibility index (Phi) is 4.15. The topological polar surface area (TPSA) is 82.2 Å². The number of benzene rings is 1. The Morgan fingerprint density at radius 1 is 1.47 bits per heavy atom. The lowest BCUT2D eigenvalue weighted by molar-refractivity contribution is -0.117. The second-order valence-corrected chi connectivity index (χ2v) is 5.07. The highest BCUT2D eigenvalue weighted by atomic mass is 16.2. The second kappa shape index (κ2) is 5.83. The lowest BCUT2D eigenvalue weighted by Gasteiger charge is -2.14. The Hall–Kier alpha value is -1.90. The highest BCUT2D eigenvalue weighted by molar-refractivity contribution is 5.92. The van der Waals surface area contributed by atoms with Gasteiger partial charge in [0.05, 0.1) is 18.2 Å². The van der Waals surface area contributed by atoms with Gasteiger partial charge in [-0.3, -0.25) is 9.69 Å². The smallest absolute Gasteiger partial charge is 0.238 e. The van der Waals surface area contributed by atoms with Crippen molar-refractivity contribution < 1.29 is 4.79 Å². The number of amides is 1. The summed E-state index contributed by atoms with van der Waals surface area (Å²) in [6.45, 7) is 4.09. The molecule has 100 valence electrons. The Bertz CT molecular complexity index is 481. The van der Waals surface area contributed by atoms with E-state index in [-0.39, 0.29) is 11.9 Å². The number of carbonyl (C=O) groups excluding carboxylic acids is 1. The van der Waals surface area contributed by atoms with E-state index in [1.54, 1.807) is 24.3 Å². The van der Waals surface area contributed by atoms with Gasteiger partial charge in [0.1, 0.15) is 0 Å². The molecule has 2 unspecified atom stereocenters. The van der Waals surface area contributed by atoms with Crippen molar-refractivity contribution in [3.8, 4) is 6.07 Å². The van der Waals surface area contributed by atoms with Crippen molar-refractivity contribution in [1.29, 1.82) is 5.26 Å². The van der Waals surface area contributed by atoms with Crippen LogP contribution in [-0.2, 0) is 4.79 Å². The zero-order valence-corrected chi connectivity index (χ0v) is 11.0. The molecule has 1 amide bonds. The Labute approximate surface area is 113 Å². The number of likely N-dealkylation sites (tertiary alicyclic amines) is 1. The van der Waals surface area contributed by atoms with Gasteiger partial charge in [-0.1, -0.05) is 6.92 Å². The van der Waals surface area contributed by atoms with Crippen molar-refractivity contribution in [2.45, 2.75) is 13.0 Å². The van der Waals surface area contributed by atoms with E-state index < -0.39 is 0 Å². The van der Waals surface area contributed by atoms with Crippen molar-refractivity contribution in [2.75, 3.05) is 25.0 Å². The fourth-order valence-corrected chi connectivity index (χ4v) is 2.26. The van der Waals surface area contributed by atoms with Crippen molar-refractivity contribution in [2.24, 2.45) is 11.7 Å². The van der Waals surface area contributed by atoms with E-state index in [0.29, 0.717) is 23.7 Å². The van der Waals surface area contributed by atoms with Gasteiger partial charge in [0.2, 0.25) is 5.91 Å². The zero-order chi connectivity index (χ0) is 13.8. The Morgan fingerprint density at radius 3 is 2.68 bits per heavy atom. The van der Waals surface area contributed by atoms with Gasteiger partial charge in [0.15, 0.2) is 0 Å². The number of nitrogens with one attached hydrogen (secondary N) is 1. The van der Waals surface area contributed by atoms with Crippen LogP contribution in [-0.4, -0.2) is 36.5 Å². The molecule has 3 N–H and O–H groups in total. The molecule has 0 spiro atoms. The summed E-state index contributed by atoms with van der Waals surface area (Å²) in [6, 6.07) is 9.03. The van der Waals surface area contributed by atoms with Crippen molar-refractivity contribution in [1.82, 2.24) is 4.90 Å². The first-order valence-corrected chi connectivity index (χ1v) is 6.36. The van der Waals surface area contributed by atoms with Gasteiger partial charge in [-0.2, -0.15) is 5.26 Å². The van der Waals surface area contributed by atoms with Gasteiger partial charge in [-0.25, -0.2) is 0 Å². The van der Waals surface area contributed by atoms with E-state index in [0.717, 1.165) is 13.1 Å². The van der Waals surface area contributed by atoms with E-state index in [2.05, 4.69) is 17.1 Å². The average Bonchev–Trinajstić information content (AvgIpc) is 2.69. The molecule has 1 fully saturated rings. The minimum Gasteiger partial charge on any atom is -0.326 e. The monoisotopic (exact) mass is 258 g/mol. The summed E-state index contributed by atoms with van der Waals surface area (Å²) in [7, 11) is 0. The van der Waals surface area contributed by atoms with Crippen LogP contribution < -0.4 is 11.1 Å². The van der Waals surface area contributed by atoms with Crippen LogP contribution in [0, 0.1) is 17.2 Å². The largest absolute Gasteiger partial charge is 0.326 e. The van der Waals surface area contributed by atoms with Gasteiger partial charge in [0.25, 0.3) is 0 Å². The first-order chi connectivity index (χ1) is 9.08. The summed E-state index contributed by atoms with van der Waals surface area (Å²) in [5.74, 6) is 0.383. The molecule has 1 aliphatic heterocycles. The maximum absolute atomic E-state index is 11.9. The minimum atomic E-state index is -0.0500. The van der Waals surface area contributed by atoms with Gasteiger partial charge in [0, 0.05) is 24.8 Å². The maximum Gasteiger partial charge on any atom is 0.238 e. The molecular formula is C14H18N4O. The number of nitrogens with zero attached hydrogens (tertiary/aromatic N) is 2. The number of hydrogen-bond acceptors (Lipinski definition) is 4. The zero-order valence-electron chi connectivity index (χ0n) is 11.0. The summed E-state index contributed by atoms with van der Waals surface area (Å²) in [4.78, 5) is 13.9. The highest BCUT2D eigenvalue weighted by Gasteiger charge is 2.27. The molecule has 0 aromatic heterocycles. The molecule has 1 aromatic rings. The van der Waals surface area contributed by atoms with E-state index in [9.17, 15) is 4.79 Å². The molecule has 0 bridgehead atoms. The first kappa shape index (κ1) is 13.5. The minimum absolute atomic E-state index is 0.0500. The normalized spacial score (nSPS) is 23.0. The summed E-state index contributed by atoms with van der Waals surface area (Å²) >= 11 is 0. The highest BCUT2D eigenvalue weighted by Crippen LogP contribution is 2.14. The van der Waals surface area contributed by atoms with Gasteiger partial charge in [-0.05, 0) is 30.2 Å². The predicted molar refractivity (Wildman–Crippen MR) is 73.4 cm³/mol. The molecule has 2 atom stereocenters. The maximum atomic E-state index is 11.9. The number of carbonyl (C=O) groups is 1. The summed E-state index contributed by atoms with van der Waals surface area (Å²) in [6.07, 6.45) is 0. The molecule has 0 radical (unpaired) electrons. The molecule has 5 heteroatoms. The van der Waals surface area contributed by atoms with Crippen LogP contribution in [0.25, 0.3) is 0 Å². The number of anilines is 1. The van der Waals surface area contributed by atoms with Gasteiger partial charge >= 0.3 is 0 Å². The lowest BCUT2D eigenvalue weighted by atomic mass is 10.1. The van der Waals surface area contributed by atoms with Crippen LogP contribution in [0.5, 0.6) is 0 Å². The molecule has 1 heterocycles. The molecule has 1 aliphatic rings. The quantitative estimate of drug-likeness (QED) is 0.839. The summed E-state index contributed by atoms with van der Waals surface area (Å²) < 4.78 is 0. The van der Waals surface area contributed by atoms with E-state index in [1.165, 1.54) is 0 Å². The number of rotatable bonds is 3. The summed E-state index contributed by atoms with van der Waals surface area (Å²) in [5.41, 5.74) is 7.21. The van der Waals surface area contributed by atoms with Crippen LogP contribution in [0.4, 0.5) is 5.69 Å². The third kappa shape index (κ3) is 3.53. The fraction of sp³-hybridized carbons (Fsp3) is 0.429. The van der Waals surface area contributed by atoms with Crippen LogP contribution in [0.15, 0.2) is 24.3 Å². The van der Waals surface area contributed by atoms with Crippen molar-refractivity contribution in [3.63, 3.8) is 0 Å². The third-order valence-electron chi connectivity index (χ3n) is 3.41. The van der Waals surface area contributed by atoms with E-state index in [4.69, 9.17) is 11.0 Å². The molecule has 19 heavy (non-hydrogen) atoms. The number of nitrogens with two attached hydrogens (primary N) is 1. The van der Waals surface area contributed by atoms with Crippen LogP contribution in [0.1, 0.15) is 12.5 Å². The number of hydrogen-bond donors (Lipinski definition) is 2. The van der Waals surface area contributed by atoms with Crippen LogP contribution >= 0.6 is 0 Å². The van der Waals surface area contributed by atoms with Gasteiger partial charge < -0.3 is 11.1 Å². The molecule has 0 aliphatic carbocycles. The van der Waals surface area contributed by atoms with Crippen molar-refractivity contribution in [3.05, 3.63) is 29.8 Å². The molecule has 2 rings (SSSR count). The van der Waals surface area contributed by atoms with Crippen molar-refractivity contribution >= 4 is 11.6 Å². The second-order valence-electron chi connectivity index (χ2n) is 5.07. The molecule has 5 nitrogen and oxygen atoms in total. The van der Waals surface area contributed by atoms with E-state index >= 15 is 0 Å². The Morgan fingerprint density at radius 2 is 2.16 bits per heavy atom. The third-order valence-corrected chi connectivity index (χ3v) is 3.41. The van der Waals surface area contributed by atoms with Gasteiger partial charge in [-0.15, -0.1) is 0 Å². The lowest BCUT2D eigenvalue weighted by Crippen LogP contribution is -2.33. The number of nitriles is 1. The molecule has 1 aromatic carbocycles. The molecule has 1 saturated heterocycles. The van der Waals surface area contributed by atoms with Crippen LogP contribution in [0.3, 0.4) is 0 Å². The Balaban J connectivity index is 1.86. The summed E-state index contributed by atoms with van der Waals surface area (Å²) in [5, 5.41) is 11.5. The SMILES string of the molecule is CC1CN(CC(=O)Nc2ccc(C#N)cc2)CC1N. The van der Waals surface area contributed by atoms with E-state index in [1.807, 2.05) is 6.07 Å². The fourth-order valence-electron chi connectivity index (χ4n) is 2.26. The predicted octanol–water partition coefficient (Wildman–Crippen LogP) is 0.776. The van der Waals surface area contributed by atoms with Crippen LogP contribution in [0.2, 0.25) is 0 Å². The standard InChI is InChI=1S/C14H18N4O/c1-10-7-18(8-13(10)16)9-14(19)17-12-4-2-11(6-15)3-5-12/h2-5,10,13H,7-9,16H2,1H3,(H,17,19). The molecular weight excluding hydrogens is 240 g/mol. The average molecular weight is 258 g/mol.